The first-order valence-corrected chi connectivity index (χ1v) is 11.3. The highest BCUT2D eigenvalue weighted by Crippen LogP contribution is 2.36. The minimum atomic E-state index is -0.122. The van der Waals surface area contributed by atoms with Crippen LogP contribution in [0.15, 0.2) is 77.3 Å². The van der Waals surface area contributed by atoms with Gasteiger partial charge in [-0.1, -0.05) is 64.5 Å². The van der Waals surface area contributed by atoms with Gasteiger partial charge >= 0.3 is 0 Å². The number of carbonyl (C=O) groups excluding carboxylic acids is 1. The van der Waals surface area contributed by atoms with Crippen LogP contribution in [0.25, 0.3) is 22.5 Å². The second-order valence-electron chi connectivity index (χ2n) is 7.85. The molecule has 4 aromatic rings. The van der Waals surface area contributed by atoms with E-state index in [4.69, 9.17) is 15.7 Å². The Morgan fingerprint density at radius 2 is 1.72 bits per heavy atom. The van der Waals surface area contributed by atoms with Gasteiger partial charge in [0.1, 0.15) is 5.69 Å². The fraction of sp³-hybridized carbons (Fsp3) is 0.115. The maximum Gasteiger partial charge on any atom is 0.230 e. The van der Waals surface area contributed by atoms with Gasteiger partial charge in [0.15, 0.2) is 5.82 Å². The van der Waals surface area contributed by atoms with Crippen molar-refractivity contribution < 1.29 is 4.79 Å². The van der Waals surface area contributed by atoms with E-state index >= 15 is 0 Å². The van der Waals surface area contributed by atoms with E-state index in [2.05, 4.69) is 21.2 Å². The van der Waals surface area contributed by atoms with Gasteiger partial charge in [-0.05, 0) is 48.2 Å². The number of rotatable bonds is 4. The van der Waals surface area contributed by atoms with Crippen LogP contribution < -0.4 is 11.1 Å². The Morgan fingerprint density at radius 3 is 2.50 bits per heavy atom. The predicted octanol–water partition coefficient (Wildman–Crippen LogP) is 5.44. The summed E-state index contributed by atoms with van der Waals surface area (Å²) >= 11 is 3.43. The van der Waals surface area contributed by atoms with Crippen molar-refractivity contribution in [3.8, 4) is 22.5 Å². The Labute approximate surface area is 194 Å². The maximum absolute atomic E-state index is 12.8. The van der Waals surface area contributed by atoms with Gasteiger partial charge in [0.25, 0.3) is 0 Å². The highest BCUT2D eigenvalue weighted by Gasteiger charge is 2.23. The van der Waals surface area contributed by atoms with Gasteiger partial charge in [-0.2, -0.15) is 0 Å². The minimum absolute atomic E-state index is 0.122. The van der Waals surface area contributed by atoms with E-state index in [1.807, 2.05) is 72.8 Å². The van der Waals surface area contributed by atoms with Gasteiger partial charge in [0.2, 0.25) is 5.91 Å². The van der Waals surface area contributed by atoms with E-state index in [0.717, 1.165) is 51.1 Å². The molecule has 0 saturated carbocycles. The van der Waals surface area contributed by atoms with Crippen LogP contribution in [0.4, 0.5) is 11.5 Å². The summed E-state index contributed by atoms with van der Waals surface area (Å²) in [5.74, 6) is 0.374. The number of nitrogens with two attached hydrogens (primary N) is 1. The zero-order chi connectivity index (χ0) is 22.1. The van der Waals surface area contributed by atoms with Gasteiger partial charge in [0, 0.05) is 21.3 Å². The summed E-state index contributed by atoms with van der Waals surface area (Å²) in [6.45, 7) is 0. The molecule has 32 heavy (non-hydrogen) atoms. The molecule has 0 bridgehead atoms. The Morgan fingerprint density at radius 1 is 0.938 bits per heavy atom. The Kier molecular flexibility index (Phi) is 5.45. The number of nitrogen functional groups attached to an aromatic ring is 1. The first-order chi connectivity index (χ1) is 15.6. The highest BCUT2D eigenvalue weighted by molar-refractivity contribution is 9.10. The van der Waals surface area contributed by atoms with Crippen molar-refractivity contribution in [1.29, 1.82) is 0 Å². The molecule has 0 unspecified atom stereocenters. The molecule has 1 aliphatic rings. The lowest BCUT2D eigenvalue weighted by molar-refractivity contribution is -0.115. The van der Waals surface area contributed by atoms with E-state index in [1.165, 1.54) is 5.56 Å². The van der Waals surface area contributed by atoms with Crippen molar-refractivity contribution in [2.24, 2.45) is 0 Å². The van der Waals surface area contributed by atoms with Crippen LogP contribution in [0.5, 0.6) is 0 Å². The molecular weight excluding hydrogens is 464 g/mol. The lowest BCUT2D eigenvalue weighted by atomic mass is 9.91. The summed E-state index contributed by atoms with van der Waals surface area (Å²) in [7, 11) is 0. The first kappa shape index (κ1) is 20.4. The largest absolute Gasteiger partial charge is 0.399 e. The van der Waals surface area contributed by atoms with Crippen molar-refractivity contribution in [2.75, 3.05) is 11.1 Å². The molecule has 5 nitrogen and oxygen atoms in total. The van der Waals surface area contributed by atoms with E-state index in [0.29, 0.717) is 11.5 Å². The van der Waals surface area contributed by atoms with E-state index in [9.17, 15) is 4.79 Å². The third-order valence-electron chi connectivity index (χ3n) is 5.57. The lowest BCUT2D eigenvalue weighted by Gasteiger charge is -2.21. The van der Waals surface area contributed by atoms with Gasteiger partial charge in [-0.3, -0.25) is 4.79 Å². The Bertz CT molecular complexity index is 1300. The number of amides is 1. The van der Waals surface area contributed by atoms with Gasteiger partial charge in [-0.15, -0.1) is 0 Å². The molecule has 0 saturated heterocycles. The lowest BCUT2D eigenvalue weighted by Crippen LogP contribution is -2.19. The molecule has 0 radical (unpaired) electrons. The fourth-order valence-corrected chi connectivity index (χ4v) is 4.28. The fourth-order valence-electron chi connectivity index (χ4n) is 4.01. The molecule has 3 aromatic carbocycles. The smallest absolute Gasteiger partial charge is 0.230 e. The molecule has 0 atom stereocenters. The molecule has 1 amide bonds. The molecular formula is C26H21BrN4O. The Balaban J connectivity index is 1.54. The number of benzene rings is 3. The van der Waals surface area contributed by atoms with Gasteiger partial charge in [-0.25, -0.2) is 9.97 Å². The van der Waals surface area contributed by atoms with Crippen LogP contribution in [0.2, 0.25) is 0 Å². The SMILES string of the molecule is Nc1ccc2c(c1)CCc1nc(NC(=O)Cc3ccc(Br)cc3)c(-c3ccccc3)nc1-2. The molecule has 3 N–H and O–H groups in total. The van der Waals surface area contributed by atoms with Crippen LogP contribution in [0.1, 0.15) is 16.8 Å². The number of aryl methyl sites for hydroxylation is 2. The molecule has 1 heterocycles. The summed E-state index contributed by atoms with van der Waals surface area (Å²) in [5, 5.41) is 3.01. The van der Waals surface area contributed by atoms with Crippen LogP contribution in [0, 0.1) is 0 Å². The molecule has 1 aliphatic carbocycles. The molecule has 5 rings (SSSR count). The third kappa shape index (κ3) is 4.14. The molecule has 0 aliphatic heterocycles. The van der Waals surface area contributed by atoms with Crippen LogP contribution in [0.3, 0.4) is 0 Å². The monoisotopic (exact) mass is 484 g/mol. The molecule has 158 valence electrons. The van der Waals surface area contributed by atoms with Crippen molar-refractivity contribution in [3.63, 3.8) is 0 Å². The van der Waals surface area contributed by atoms with E-state index in [-0.39, 0.29) is 12.3 Å². The number of nitrogens with zero attached hydrogens (tertiary/aromatic N) is 2. The molecule has 0 spiro atoms. The average Bonchev–Trinajstić information content (AvgIpc) is 2.80. The molecule has 0 fully saturated rings. The third-order valence-corrected chi connectivity index (χ3v) is 6.10. The molecule has 1 aromatic heterocycles. The minimum Gasteiger partial charge on any atom is -0.399 e. The summed E-state index contributed by atoms with van der Waals surface area (Å²) in [5.41, 5.74) is 13.2. The number of hydrogen-bond donors (Lipinski definition) is 2. The molecule has 6 heteroatoms. The maximum atomic E-state index is 12.8. The predicted molar refractivity (Wildman–Crippen MR) is 131 cm³/mol. The second kappa shape index (κ2) is 8.55. The van der Waals surface area contributed by atoms with Crippen molar-refractivity contribution in [1.82, 2.24) is 9.97 Å². The topological polar surface area (TPSA) is 80.9 Å². The summed E-state index contributed by atoms with van der Waals surface area (Å²) < 4.78 is 0.982. The Hall–Kier alpha value is -3.51. The summed E-state index contributed by atoms with van der Waals surface area (Å²) in [6, 6.07) is 23.5. The number of fused-ring (bicyclic) bond motifs is 3. The van der Waals surface area contributed by atoms with Gasteiger partial charge in [0.05, 0.1) is 17.8 Å². The van der Waals surface area contributed by atoms with Crippen molar-refractivity contribution in [3.05, 3.63) is 94.1 Å². The number of aromatic nitrogens is 2. The van der Waals surface area contributed by atoms with E-state index < -0.39 is 0 Å². The quantitative estimate of drug-likeness (QED) is 0.378. The number of anilines is 2. The highest BCUT2D eigenvalue weighted by atomic mass is 79.9. The van der Waals surface area contributed by atoms with Gasteiger partial charge < -0.3 is 11.1 Å². The number of nitrogens with one attached hydrogen (secondary N) is 1. The normalized spacial score (nSPS) is 12.0. The standard InChI is InChI=1S/C26H21BrN4O/c27-19-9-6-16(7-10-19)14-23(32)30-26-24(17-4-2-1-3-5-17)31-25-21-12-11-20(28)15-18(21)8-13-22(25)29-26/h1-7,9-12,15H,8,13-14,28H2,(H,29,30,32). The first-order valence-electron chi connectivity index (χ1n) is 10.5. The number of halogens is 1. The van der Waals surface area contributed by atoms with Crippen LogP contribution in [-0.2, 0) is 24.1 Å². The number of hydrogen-bond acceptors (Lipinski definition) is 4. The zero-order valence-corrected chi connectivity index (χ0v) is 18.9. The zero-order valence-electron chi connectivity index (χ0n) is 17.3. The van der Waals surface area contributed by atoms with E-state index in [1.54, 1.807) is 0 Å². The van der Waals surface area contributed by atoms with Crippen molar-refractivity contribution >= 4 is 33.3 Å². The van der Waals surface area contributed by atoms with Crippen LogP contribution >= 0.6 is 15.9 Å². The second-order valence-corrected chi connectivity index (χ2v) is 8.77. The summed E-state index contributed by atoms with van der Waals surface area (Å²) in [6.07, 6.45) is 1.87. The van der Waals surface area contributed by atoms with Crippen molar-refractivity contribution in [2.45, 2.75) is 19.3 Å². The average molecular weight is 485 g/mol. The number of carbonyl (C=O) groups is 1. The van der Waals surface area contributed by atoms with Crippen LogP contribution in [-0.4, -0.2) is 15.9 Å². The summed E-state index contributed by atoms with van der Waals surface area (Å²) in [4.78, 5) is 22.7.